The highest BCUT2D eigenvalue weighted by molar-refractivity contribution is 7.98. The molecule has 1 N–H and O–H groups in total. The Bertz CT molecular complexity index is 718. The number of para-hydroxylation sites is 1. The van der Waals surface area contributed by atoms with E-state index in [0.717, 1.165) is 16.8 Å². The zero-order chi connectivity index (χ0) is 15.1. The second-order valence-electron chi connectivity index (χ2n) is 4.20. The molecule has 0 unspecified atom stereocenters. The van der Waals surface area contributed by atoms with Crippen LogP contribution in [0.1, 0.15) is 0 Å². The molecule has 0 aliphatic carbocycles. The Labute approximate surface area is 128 Å². The van der Waals surface area contributed by atoms with Crippen LogP contribution in [0.15, 0.2) is 65.2 Å². The molecular weight excluding hydrogens is 278 g/mol. The molecule has 2 aromatic carbocycles. The van der Waals surface area contributed by atoms with Crippen molar-refractivity contribution in [3.8, 4) is 23.3 Å². The van der Waals surface area contributed by atoms with Gasteiger partial charge in [0.1, 0.15) is 17.7 Å². The first kappa shape index (κ1) is 14.7. The largest absolute Gasteiger partial charge is 0.359 e. The number of hydrogen-bond acceptors (Lipinski definition) is 4. The van der Waals surface area contributed by atoms with E-state index in [1.807, 2.05) is 42.7 Å². The van der Waals surface area contributed by atoms with E-state index >= 15 is 0 Å². The minimum absolute atomic E-state index is 0.0440. The third-order valence-electron chi connectivity index (χ3n) is 2.94. The number of nitrogens with one attached hydrogen (secondary N) is 1. The van der Waals surface area contributed by atoms with E-state index in [1.54, 1.807) is 11.8 Å². The van der Waals surface area contributed by atoms with Gasteiger partial charge in [0, 0.05) is 22.3 Å². The average Bonchev–Trinajstić information content (AvgIpc) is 2.56. The van der Waals surface area contributed by atoms with Crippen LogP contribution in [0.2, 0.25) is 0 Å². The van der Waals surface area contributed by atoms with Crippen LogP contribution in [0, 0.1) is 22.7 Å². The molecule has 0 atom stereocenters. The van der Waals surface area contributed by atoms with Crippen LogP contribution in [0.5, 0.6) is 0 Å². The molecule has 0 saturated carbocycles. The van der Waals surface area contributed by atoms with Crippen molar-refractivity contribution in [2.75, 3.05) is 11.6 Å². The first-order valence-electron chi connectivity index (χ1n) is 6.29. The molecule has 0 fully saturated rings. The lowest BCUT2D eigenvalue weighted by atomic mass is 10.0. The van der Waals surface area contributed by atoms with Gasteiger partial charge in [-0.3, -0.25) is 0 Å². The van der Waals surface area contributed by atoms with Crippen LogP contribution in [0.4, 0.5) is 5.69 Å². The van der Waals surface area contributed by atoms with Crippen LogP contribution in [-0.4, -0.2) is 6.26 Å². The fraction of sp³-hybridized carbons (Fsp3) is 0.0588. The molecule has 3 nitrogen and oxygen atoms in total. The van der Waals surface area contributed by atoms with E-state index in [2.05, 4.69) is 29.6 Å². The standard InChI is InChI=1S/C17H13N3S/c1-21-15-8-6-14(7-9-15)16-4-2-3-5-17(16)20-12-13(10-18)11-19/h2-9,12,20H,1H3. The third-order valence-corrected chi connectivity index (χ3v) is 3.68. The number of rotatable bonds is 4. The summed E-state index contributed by atoms with van der Waals surface area (Å²) in [6.45, 7) is 0. The van der Waals surface area contributed by atoms with Gasteiger partial charge in [-0.2, -0.15) is 10.5 Å². The van der Waals surface area contributed by atoms with Crippen molar-refractivity contribution in [1.29, 1.82) is 10.5 Å². The fourth-order valence-electron chi connectivity index (χ4n) is 1.87. The Kier molecular flexibility index (Phi) is 5.04. The van der Waals surface area contributed by atoms with Crippen molar-refractivity contribution in [2.45, 2.75) is 4.90 Å². The molecule has 0 heterocycles. The summed E-state index contributed by atoms with van der Waals surface area (Å²) in [5.41, 5.74) is 3.01. The number of allylic oxidation sites excluding steroid dienone is 1. The Morgan fingerprint density at radius 2 is 1.71 bits per heavy atom. The van der Waals surface area contributed by atoms with Gasteiger partial charge in [-0.1, -0.05) is 30.3 Å². The summed E-state index contributed by atoms with van der Waals surface area (Å²) in [6.07, 6.45) is 3.47. The van der Waals surface area contributed by atoms with Gasteiger partial charge in [-0.05, 0) is 30.0 Å². The van der Waals surface area contributed by atoms with Crippen molar-refractivity contribution < 1.29 is 0 Å². The maximum absolute atomic E-state index is 8.76. The first-order chi connectivity index (χ1) is 10.3. The minimum Gasteiger partial charge on any atom is -0.359 e. The molecule has 0 amide bonds. The highest BCUT2D eigenvalue weighted by atomic mass is 32.2. The van der Waals surface area contributed by atoms with E-state index in [0.29, 0.717) is 0 Å². The van der Waals surface area contributed by atoms with Gasteiger partial charge in [0.05, 0.1) is 0 Å². The molecule has 102 valence electrons. The van der Waals surface area contributed by atoms with E-state index < -0.39 is 0 Å². The van der Waals surface area contributed by atoms with Crippen LogP contribution < -0.4 is 5.32 Å². The quantitative estimate of drug-likeness (QED) is 0.669. The topological polar surface area (TPSA) is 59.6 Å². The van der Waals surface area contributed by atoms with Crippen LogP contribution in [0.25, 0.3) is 11.1 Å². The fourth-order valence-corrected chi connectivity index (χ4v) is 2.28. The molecule has 0 radical (unpaired) electrons. The first-order valence-corrected chi connectivity index (χ1v) is 7.51. The van der Waals surface area contributed by atoms with Crippen LogP contribution in [0.3, 0.4) is 0 Å². The molecule has 21 heavy (non-hydrogen) atoms. The molecule has 0 aromatic heterocycles. The summed E-state index contributed by atoms with van der Waals surface area (Å²) in [6, 6.07) is 19.7. The molecule has 2 aromatic rings. The summed E-state index contributed by atoms with van der Waals surface area (Å²) in [4.78, 5) is 1.21. The summed E-state index contributed by atoms with van der Waals surface area (Å²) in [5.74, 6) is 0. The summed E-state index contributed by atoms with van der Waals surface area (Å²) >= 11 is 1.70. The molecule has 0 bridgehead atoms. The zero-order valence-electron chi connectivity index (χ0n) is 11.5. The Hall–Kier alpha value is -2.69. The number of hydrogen-bond donors (Lipinski definition) is 1. The lowest BCUT2D eigenvalue weighted by molar-refractivity contribution is 1.44. The molecule has 2 rings (SSSR count). The molecule has 0 spiro atoms. The molecule has 0 aliphatic heterocycles. The van der Waals surface area contributed by atoms with Crippen molar-refractivity contribution in [2.24, 2.45) is 0 Å². The van der Waals surface area contributed by atoms with Gasteiger partial charge < -0.3 is 5.32 Å². The minimum atomic E-state index is 0.0440. The number of thioether (sulfide) groups is 1. The molecule has 4 heteroatoms. The highest BCUT2D eigenvalue weighted by Gasteiger charge is 2.04. The SMILES string of the molecule is CSc1ccc(-c2ccccc2NC=C(C#N)C#N)cc1. The van der Waals surface area contributed by atoms with Gasteiger partial charge in [0.2, 0.25) is 0 Å². The number of nitrogens with zero attached hydrogens (tertiary/aromatic N) is 2. The number of benzene rings is 2. The van der Waals surface area contributed by atoms with Gasteiger partial charge in [-0.15, -0.1) is 11.8 Å². The average molecular weight is 291 g/mol. The van der Waals surface area contributed by atoms with Crippen molar-refractivity contribution in [1.82, 2.24) is 0 Å². The zero-order valence-corrected chi connectivity index (χ0v) is 12.3. The number of nitriles is 2. The molecular formula is C17H13N3S. The van der Waals surface area contributed by atoms with Gasteiger partial charge in [0.15, 0.2) is 0 Å². The summed E-state index contributed by atoms with van der Waals surface area (Å²) in [5, 5.41) is 20.6. The highest BCUT2D eigenvalue weighted by Crippen LogP contribution is 2.29. The summed E-state index contributed by atoms with van der Waals surface area (Å²) < 4.78 is 0. The van der Waals surface area contributed by atoms with Gasteiger partial charge in [-0.25, -0.2) is 0 Å². The Balaban J connectivity index is 2.35. The van der Waals surface area contributed by atoms with E-state index in [-0.39, 0.29) is 5.57 Å². The normalized spacial score (nSPS) is 9.29. The van der Waals surface area contributed by atoms with Crippen LogP contribution in [-0.2, 0) is 0 Å². The monoisotopic (exact) mass is 291 g/mol. The van der Waals surface area contributed by atoms with Crippen molar-refractivity contribution >= 4 is 17.4 Å². The van der Waals surface area contributed by atoms with E-state index in [9.17, 15) is 0 Å². The number of anilines is 1. The maximum Gasteiger partial charge on any atom is 0.145 e. The lowest BCUT2D eigenvalue weighted by Gasteiger charge is -2.10. The maximum atomic E-state index is 8.76. The molecule has 0 saturated heterocycles. The Morgan fingerprint density at radius 1 is 1.05 bits per heavy atom. The van der Waals surface area contributed by atoms with Crippen molar-refractivity contribution in [3.05, 3.63) is 60.3 Å². The summed E-state index contributed by atoms with van der Waals surface area (Å²) in [7, 11) is 0. The lowest BCUT2D eigenvalue weighted by Crippen LogP contribution is -1.93. The van der Waals surface area contributed by atoms with Gasteiger partial charge >= 0.3 is 0 Å². The van der Waals surface area contributed by atoms with Crippen LogP contribution >= 0.6 is 11.8 Å². The third kappa shape index (κ3) is 3.66. The second-order valence-corrected chi connectivity index (χ2v) is 5.08. The second kappa shape index (κ2) is 7.19. The predicted molar refractivity (Wildman–Crippen MR) is 86.6 cm³/mol. The van der Waals surface area contributed by atoms with E-state index in [4.69, 9.17) is 10.5 Å². The van der Waals surface area contributed by atoms with E-state index in [1.165, 1.54) is 11.1 Å². The van der Waals surface area contributed by atoms with Crippen molar-refractivity contribution in [3.63, 3.8) is 0 Å². The predicted octanol–water partition coefficient (Wildman–Crippen LogP) is 4.42. The van der Waals surface area contributed by atoms with Gasteiger partial charge in [0.25, 0.3) is 0 Å². The smallest absolute Gasteiger partial charge is 0.145 e. The molecule has 0 aliphatic rings. The Morgan fingerprint density at radius 3 is 2.33 bits per heavy atom.